The number of halogens is 6. The van der Waals surface area contributed by atoms with Crippen LogP contribution in [0.5, 0.6) is 0 Å². The van der Waals surface area contributed by atoms with E-state index in [0.717, 1.165) is 11.1 Å². The summed E-state index contributed by atoms with van der Waals surface area (Å²) in [5, 5.41) is 4.44. The lowest BCUT2D eigenvalue weighted by Crippen LogP contribution is -2.42. The predicted molar refractivity (Wildman–Crippen MR) is 158 cm³/mol. The van der Waals surface area contributed by atoms with Gasteiger partial charge in [-0.2, -0.15) is 0 Å². The number of hydrogen-bond donors (Lipinski definition) is 1. The highest BCUT2D eigenvalue weighted by Crippen LogP contribution is 2.33. The molecular weight excluding hydrogens is 639 g/mol. The van der Waals surface area contributed by atoms with Crippen LogP contribution < -0.4 is 5.32 Å². The van der Waals surface area contributed by atoms with Crippen LogP contribution in [0.1, 0.15) is 24.2 Å². The molecule has 0 radical (unpaired) electrons. The molecule has 3 aromatic rings. The van der Waals surface area contributed by atoms with Gasteiger partial charge in [-0.05, 0) is 66.6 Å². The highest BCUT2D eigenvalue weighted by molar-refractivity contribution is 8.93. The Morgan fingerprint density at radius 1 is 0.974 bits per heavy atom. The number of nitrogens with one attached hydrogen (secondary N) is 1. The Morgan fingerprint density at radius 3 is 2.26 bits per heavy atom. The number of anilines is 1. The third-order valence-electron chi connectivity index (χ3n) is 5.96. The molecule has 4 rings (SSSR count). The van der Waals surface area contributed by atoms with E-state index < -0.39 is 17.6 Å². The van der Waals surface area contributed by atoms with Crippen molar-refractivity contribution in [2.45, 2.75) is 31.2 Å². The molecular formula is C27H25BrCl4FN3O2. The molecule has 38 heavy (non-hydrogen) atoms. The molecule has 11 heteroatoms. The number of carbonyl (C=O) groups excluding carboxylic acids is 1. The molecule has 0 aromatic heterocycles. The predicted octanol–water partition coefficient (Wildman–Crippen LogP) is 8.26. The number of nitrogens with zero attached hydrogens (tertiary/aromatic N) is 2. The average molecular weight is 664 g/mol. The van der Waals surface area contributed by atoms with Crippen LogP contribution >= 0.6 is 63.4 Å². The molecule has 1 aliphatic heterocycles. The first-order valence-electron chi connectivity index (χ1n) is 11.4. The van der Waals surface area contributed by atoms with Gasteiger partial charge in [0.1, 0.15) is 23.5 Å². The third kappa shape index (κ3) is 7.78. The molecule has 0 bridgehead atoms. The van der Waals surface area contributed by atoms with Crippen LogP contribution in [0, 0.1) is 5.82 Å². The smallest absolute Gasteiger partial charge is 0.246 e. The van der Waals surface area contributed by atoms with Gasteiger partial charge in [0.2, 0.25) is 5.91 Å². The Hall–Kier alpha value is -2.00. The number of alkyl halides is 1. The summed E-state index contributed by atoms with van der Waals surface area (Å²) in [7, 11) is 0. The lowest BCUT2D eigenvalue weighted by molar-refractivity contribution is -0.120. The Morgan fingerprint density at radius 2 is 1.61 bits per heavy atom. The lowest BCUT2D eigenvalue weighted by Gasteiger charge is -2.33. The molecule has 0 spiro atoms. The van der Waals surface area contributed by atoms with Crippen molar-refractivity contribution >= 4 is 75.0 Å². The fourth-order valence-corrected chi connectivity index (χ4v) is 4.71. The second kappa shape index (κ2) is 13.9. The van der Waals surface area contributed by atoms with Crippen LogP contribution in [0.4, 0.5) is 10.1 Å². The molecule has 202 valence electrons. The van der Waals surface area contributed by atoms with E-state index in [0.29, 0.717) is 27.4 Å². The van der Waals surface area contributed by atoms with Gasteiger partial charge in [-0.3, -0.25) is 4.79 Å². The largest absolute Gasteiger partial charge is 0.365 e. The maximum absolute atomic E-state index is 13.2. The van der Waals surface area contributed by atoms with Crippen molar-refractivity contribution in [3.63, 3.8) is 0 Å². The number of carbonyl (C=O) groups is 1. The van der Waals surface area contributed by atoms with E-state index in [1.807, 2.05) is 34.2 Å². The highest BCUT2D eigenvalue weighted by Gasteiger charge is 2.32. The van der Waals surface area contributed by atoms with Gasteiger partial charge in [0.25, 0.3) is 0 Å². The molecule has 3 aromatic carbocycles. The second-order valence-corrected chi connectivity index (χ2v) is 10.3. The van der Waals surface area contributed by atoms with Gasteiger partial charge in [-0.25, -0.2) is 4.39 Å². The van der Waals surface area contributed by atoms with Crippen molar-refractivity contribution in [2.75, 3.05) is 12.0 Å². The molecule has 0 aliphatic carbocycles. The van der Waals surface area contributed by atoms with Crippen molar-refractivity contribution in [3.8, 4) is 0 Å². The molecule has 1 heterocycles. The summed E-state index contributed by atoms with van der Waals surface area (Å²) in [5.74, 6) is -0.597. The van der Waals surface area contributed by atoms with Gasteiger partial charge in [-0.15, -0.1) is 17.0 Å². The van der Waals surface area contributed by atoms with E-state index in [1.165, 1.54) is 24.3 Å². The summed E-state index contributed by atoms with van der Waals surface area (Å²) >= 11 is 25.4. The van der Waals surface area contributed by atoms with Crippen molar-refractivity contribution in [1.82, 2.24) is 9.80 Å². The standard InChI is InChI=1S/C27H24Cl4FN3O2.BrH/c1-17(27(36)33-23-10-8-22(32)9-11-23)34-12-13-35(16-34)26(31)25(18-2-5-20(28)6-3-18)37-15-19-4-7-21(29)14-24(19)30;/h2-14,17,25-26H,15-16H2,1H3,(H,33,36);1H. The van der Waals surface area contributed by atoms with E-state index in [2.05, 4.69) is 5.32 Å². The topological polar surface area (TPSA) is 44.8 Å². The van der Waals surface area contributed by atoms with Gasteiger partial charge < -0.3 is 19.9 Å². The number of amides is 1. The summed E-state index contributed by atoms with van der Waals surface area (Å²) in [6.07, 6.45) is 3.08. The fraction of sp³-hybridized carbons (Fsp3) is 0.222. The highest BCUT2D eigenvalue weighted by atomic mass is 79.9. The van der Waals surface area contributed by atoms with E-state index >= 15 is 0 Å². The Labute approximate surface area is 251 Å². The van der Waals surface area contributed by atoms with E-state index in [4.69, 9.17) is 51.1 Å². The normalized spacial score (nSPS) is 15.1. The average Bonchev–Trinajstić information content (AvgIpc) is 3.37. The Balaban J connectivity index is 0.00000400. The minimum atomic E-state index is -0.610. The maximum atomic E-state index is 13.2. The molecule has 0 fully saturated rings. The molecule has 5 nitrogen and oxygen atoms in total. The first kappa shape index (κ1) is 30.5. The number of benzene rings is 3. The van der Waals surface area contributed by atoms with Gasteiger partial charge in [0.15, 0.2) is 0 Å². The minimum Gasteiger partial charge on any atom is -0.365 e. The molecule has 1 amide bonds. The maximum Gasteiger partial charge on any atom is 0.246 e. The Kier molecular flexibility index (Phi) is 11.2. The summed E-state index contributed by atoms with van der Waals surface area (Å²) in [6.45, 7) is 2.36. The molecule has 1 aliphatic rings. The van der Waals surface area contributed by atoms with Crippen molar-refractivity contribution in [3.05, 3.63) is 111 Å². The first-order chi connectivity index (χ1) is 17.7. The van der Waals surface area contributed by atoms with Gasteiger partial charge >= 0.3 is 0 Å². The van der Waals surface area contributed by atoms with E-state index in [-0.39, 0.29) is 35.3 Å². The number of ether oxygens (including phenoxy) is 1. The van der Waals surface area contributed by atoms with Crippen LogP contribution in [0.2, 0.25) is 15.1 Å². The second-order valence-electron chi connectivity index (χ2n) is 8.53. The zero-order chi connectivity index (χ0) is 26.5. The molecule has 3 atom stereocenters. The molecule has 1 N–H and O–H groups in total. The minimum absolute atomic E-state index is 0. The van der Waals surface area contributed by atoms with E-state index in [1.54, 1.807) is 37.4 Å². The summed E-state index contributed by atoms with van der Waals surface area (Å²) in [6, 6.07) is 17.6. The zero-order valence-electron chi connectivity index (χ0n) is 20.2. The summed E-state index contributed by atoms with van der Waals surface area (Å²) in [5.41, 5.74) is 1.52. The molecule has 0 saturated carbocycles. The zero-order valence-corrected chi connectivity index (χ0v) is 24.9. The summed E-state index contributed by atoms with van der Waals surface area (Å²) in [4.78, 5) is 16.5. The van der Waals surface area contributed by atoms with Crippen LogP contribution in [-0.2, 0) is 16.1 Å². The van der Waals surface area contributed by atoms with Gasteiger partial charge in [-0.1, -0.05) is 64.6 Å². The Bertz CT molecular complexity index is 1260. The third-order valence-corrected chi connectivity index (χ3v) is 7.28. The van der Waals surface area contributed by atoms with Crippen LogP contribution in [0.25, 0.3) is 0 Å². The number of rotatable bonds is 9. The SMILES string of the molecule is Br.CC(C(=O)Nc1ccc(F)cc1)N1C=CN(C(Cl)C(OCc2ccc(Cl)cc2Cl)c2ccc(Cl)cc2)C1. The van der Waals surface area contributed by atoms with Crippen molar-refractivity contribution < 1.29 is 13.9 Å². The quantitative estimate of drug-likeness (QED) is 0.185. The van der Waals surface area contributed by atoms with Gasteiger partial charge in [0, 0.05) is 33.2 Å². The molecule has 0 saturated heterocycles. The van der Waals surface area contributed by atoms with Gasteiger partial charge in [0.05, 0.1) is 13.3 Å². The van der Waals surface area contributed by atoms with Crippen LogP contribution in [0.15, 0.2) is 79.1 Å². The molecule has 3 unspecified atom stereocenters. The monoisotopic (exact) mass is 661 g/mol. The van der Waals surface area contributed by atoms with Crippen LogP contribution in [-0.4, -0.2) is 33.9 Å². The van der Waals surface area contributed by atoms with Crippen LogP contribution in [0.3, 0.4) is 0 Å². The fourth-order valence-electron chi connectivity index (χ4n) is 3.78. The van der Waals surface area contributed by atoms with Crippen molar-refractivity contribution in [2.24, 2.45) is 0 Å². The first-order valence-corrected chi connectivity index (χ1v) is 13.0. The summed E-state index contributed by atoms with van der Waals surface area (Å²) < 4.78 is 19.4. The van der Waals surface area contributed by atoms with Crippen molar-refractivity contribution in [1.29, 1.82) is 0 Å². The number of hydrogen-bond acceptors (Lipinski definition) is 4. The van der Waals surface area contributed by atoms with E-state index in [9.17, 15) is 9.18 Å². The lowest BCUT2D eigenvalue weighted by atomic mass is 10.1.